The van der Waals surface area contributed by atoms with Gasteiger partial charge in [0.25, 0.3) is 17.7 Å². The highest BCUT2D eigenvalue weighted by Crippen LogP contribution is 2.29. The third-order valence-corrected chi connectivity index (χ3v) is 10.0. The Kier molecular flexibility index (Phi) is 11.4. The SMILES string of the molecule is CCOC(=O)c1cc2cccnc2c(-c2cccc(C#C[C@]3(O)CCN(C)C3=O)c2)n1.CN1CC[C@@](O)(C#Cc2cccc(-c3nc(C(N)=O)cc4cccnc34)c2)C1=O. The number of primary amides is 1. The molecule has 2 fully saturated rings. The van der Waals surface area contributed by atoms with E-state index in [2.05, 4.69) is 43.6 Å². The zero-order chi connectivity index (χ0) is 42.6. The van der Waals surface area contributed by atoms with Crippen molar-refractivity contribution in [2.45, 2.75) is 31.0 Å². The summed E-state index contributed by atoms with van der Waals surface area (Å²) in [7, 11) is 3.28. The number of nitrogens with zero attached hydrogens (tertiary/aromatic N) is 6. The molecule has 0 spiro atoms. The van der Waals surface area contributed by atoms with Gasteiger partial charge in [-0.2, -0.15) is 0 Å². The third-order valence-electron chi connectivity index (χ3n) is 10.0. The van der Waals surface area contributed by atoms with Crippen LogP contribution in [0.15, 0.2) is 97.3 Å². The number of hydrogen-bond donors (Lipinski definition) is 3. The number of pyridine rings is 4. The van der Waals surface area contributed by atoms with Crippen LogP contribution in [0.5, 0.6) is 0 Å². The zero-order valence-corrected chi connectivity index (χ0v) is 33.0. The first-order valence-corrected chi connectivity index (χ1v) is 19.0. The van der Waals surface area contributed by atoms with E-state index in [4.69, 9.17) is 10.5 Å². The smallest absolute Gasteiger partial charge is 0.356 e. The normalized spacial score (nSPS) is 18.3. The number of ether oxygens (including phenoxy) is 1. The number of amides is 3. The van der Waals surface area contributed by atoms with Gasteiger partial charge >= 0.3 is 5.97 Å². The molecule has 14 nitrogen and oxygen atoms in total. The fraction of sp³-hybridized carbons (Fsp3) is 0.217. The molecule has 0 radical (unpaired) electrons. The Morgan fingerprint density at radius 3 is 1.62 bits per heavy atom. The fourth-order valence-corrected chi connectivity index (χ4v) is 6.79. The number of fused-ring (bicyclic) bond motifs is 2. The highest BCUT2D eigenvalue weighted by atomic mass is 16.5. The molecule has 2 aliphatic rings. The number of aromatic nitrogens is 4. The second-order valence-electron chi connectivity index (χ2n) is 14.3. The van der Waals surface area contributed by atoms with Crippen LogP contribution in [0.4, 0.5) is 0 Å². The van der Waals surface area contributed by atoms with Crippen molar-refractivity contribution in [1.82, 2.24) is 29.7 Å². The van der Waals surface area contributed by atoms with Crippen molar-refractivity contribution >= 4 is 45.5 Å². The lowest BCUT2D eigenvalue weighted by Gasteiger charge is -2.13. The number of carbonyl (C=O) groups is 4. The number of rotatable bonds is 5. The van der Waals surface area contributed by atoms with Gasteiger partial charge in [-0.05, 0) is 55.5 Å². The maximum atomic E-state index is 12.3. The molecule has 300 valence electrons. The second kappa shape index (κ2) is 16.8. The average Bonchev–Trinajstić information content (AvgIpc) is 3.68. The molecule has 3 amide bonds. The topological polar surface area (TPSA) is 202 Å². The molecular formula is C46H39N7O7. The van der Waals surface area contributed by atoms with Crippen molar-refractivity contribution in [2.75, 3.05) is 33.8 Å². The Bertz CT molecular complexity index is 2840. The predicted molar refractivity (Wildman–Crippen MR) is 223 cm³/mol. The Hall–Kier alpha value is -7.52. The molecule has 4 N–H and O–H groups in total. The molecule has 0 bridgehead atoms. The van der Waals surface area contributed by atoms with Crippen molar-refractivity contribution in [3.8, 4) is 46.2 Å². The summed E-state index contributed by atoms with van der Waals surface area (Å²) >= 11 is 0. The van der Waals surface area contributed by atoms with Gasteiger partial charge in [0.05, 0.1) is 29.0 Å². The Balaban J connectivity index is 0.000000182. The average molecular weight is 802 g/mol. The van der Waals surface area contributed by atoms with Crippen LogP contribution in [0.1, 0.15) is 51.9 Å². The minimum absolute atomic E-state index is 0.144. The lowest BCUT2D eigenvalue weighted by atomic mass is 10.0. The van der Waals surface area contributed by atoms with E-state index >= 15 is 0 Å². The molecule has 2 aromatic carbocycles. The van der Waals surface area contributed by atoms with Crippen LogP contribution in [0, 0.1) is 23.7 Å². The Labute approximate surface area is 345 Å². The molecule has 2 saturated heterocycles. The number of esters is 1. The summed E-state index contributed by atoms with van der Waals surface area (Å²) in [5.41, 5.74) is 7.39. The second-order valence-corrected chi connectivity index (χ2v) is 14.3. The molecule has 6 heterocycles. The number of aliphatic hydroxyl groups is 2. The van der Waals surface area contributed by atoms with Crippen molar-refractivity contribution in [3.63, 3.8) is 0 Å². The standard InChI is InChI=1S/C24H21N3O4.C22H18N4O3/c1-3-31-22(28)19-15-18-8-5-12-25-20(18)21(26-19)17-7-4-6-16(14-17)9-10-24(30)11-13-27(2)23(24)29;1-26-11-9-22(29,21(26)28)8-7-14-4-2-5-15(12-14)19-18-16(6-3-10-24-18)13-17(25-19)20(23)27/h4-8,12,14-15,30H,3,11,13H2,1-2H3;2-6,10,12-13,29H,9,11H2,1H3,(H2,23,27)/t24-;22-/m00/s1. The minimum atomic E-state index is -1.67. The van der Waals surface area contributed by atoms with Gasteiger partial charge in [-0.15, -0.1) is 0 Å². The summed E-state index contributed by atoms with van der Waals surface area (Å²) in [6.07, 6.45) is 3.86. The van der Waals surface area contributed by atoms with Crippen molar-refractivity contribution < 1.29 is 34.1 Å². The van der Waals surface area contributed by atoms with E-state index < -0.39 is 34.9 Å². The van der Waals surface area contributed by atoms with E-state index in [9.17, 15) is 29.4 Å². The van der Waals surface area contributed by atoms with Crippen molar-refractivity contribution in [2.24, 2.45) is 5.73 Å². The lowest BCUT2D eigenvalue weighted by Crippen LogP contribution is -2.37. The molecule has 2 atom stereocenters. The van der Waals surface area contributed by atoms with Crippen LogP contribution in [0.2, 0.25) is 0 Å². The molecule has 0 unspecified atom stereocenters. The summed E-state index contributed by atoms with van der Waals surface area (Å²) < 4.78 is 5.11. The Morgan fingerprint density at radius 2 is 1.18 bits per heavy atom. The molecule has 4 aromatic heterocycles. The molecule has 60 heavy (non-hydrogen) atoms. The van der Waals surface area contributed by atoms with Gasteiger partial charge in [-0.3, -0.25) is 24.4 Å². The lowest BCUT2D eigenvalue weighted by molar-refractivity contribution is -0.138. The summed E-state index contributed by atoms with van der Waals surface area (Å²) in [5.74, 6) is 9.30. The zero-order valence-electron chi connectivity index (χ0n) is 33.0. The van der Waals surface area contributed by atoms with Crippen LogP contribution < -0.4 is 5.73 Å². The van der Waals surface area contributed by atoms with Crippen LogP contribution in [0.25, 0.3) is 44.3 Å². The molecular weight excluding hydrogens is 763 g/mol. The monoisotopic (exact) mass is 801 g/mol. The number of likely N-dealkylation sites (tertiary alicyclic amines) is 2. The molecule has 8 rings (SSSR count). The number of likely N-dealkylation sites (N-methyl/N-ethyl adjacent to an activating group) is 2. The van der Waals surface area contributed by atoms with Crippen molar-refractivity contribution in [3.05, 3.63) is 120 Å². The summed E-state index contributed by atoms with van der Waals surface area (Å²) in [5, 5.41) is 22.5. The van der Waals surface area contributed by atoms with Gasteiger partial charge in [-0.25, -0.2) is 14.8 Å². The number of benzene rings is 2. The number of hydrogen-bond acceptors (Lipinski definition) is 11. The number of nitrogens with two attached hydrogens (primary N) is 1. The van der Waals surface area contributed by atoms with E-state index in [0.29, 0.717) is 57.8 Å². The highest BCUT2D eigenvalue weighted by Gasteiger charge is 2.43. The van der Waals surface area contributed by atoms with Gasteiger partial charge in [0, 0.05) is 85.4 Å². The van der Waals surface area contributed by atoms with E-state index in [1.165, 1.54) is 9.80 Å². The first-order chi connectivity index (χ1) is 28.8. The highest BCUT2D eigenvalue weighted by molar-refractivity contribution is 6.00. The molecule has 0 aliphatic carbocycles. The van der Waals surface area contributed by atoms with Gasteiger partial charge in [0.2, 0.25) is 11.2 Å². The summed E-state index contributed by atoms with van der Waals surface area (Å²) in [6, 6.07) is 24.9. The van der Waals surface area contributed by atoms with Crippen LogP contribution >= 0.6 is 0 Å². The van der Waals surface area contributed by atoms with Gasteiger partial charge in [0.15, 0.2) is 0 Å². The molecule has 0 saturated carbocycles. The van der Waals surface area contributed by atoms with E-state index in [1.54, 1.807) is 94.1 Å². The first-order valence-electron chi connectivity index (χ1n) is 19.0. The van der Waals surface area contributed by atoms with Crippen LogP contribution in [-0.2, 0) is 14.3 Å². The maximum absolute atomic E-state index is 12.3. The largest absolute Gasteiger partial charge is 0.461 e. The quantitative estimate of drug-likeness (QED) is 0.169. The van der Waals surface area contributed by atoms with Crippen LogP contribution in [-0.4, -0.2) is 109 Å². The Morgan fingerprint density at radius 1 is 0.717 bits per heavy atom. The van der Waals surface area contributed by atoms with E-state index in [0.717, 1.165) is 10.8 Å². The summed E-state index contributed by atoms with van der Waals surface area (Å²) in [4.78, 5) is 68.9. The minimum Gasteiger partial charge on any atom is -0.461 e. The number of carbonyl (C=O) groups excluding carboxylic acids is 4. The van der Waals surface area contributed by atoms with Gasteiger partial charge in [-0.1, -0.05) is 60.1 Å². The predicted octanol–water partition coefficient (Wildman–Crippen LogP) is 3.76. The van der Waals surface area contributed by atoms with Crippen LogP contribution in [0.3, 0.4) is 0 Å². The van der Waals surface area contributed by atoms with E-state index in [1.807, 2.05) is 24.3 Å². The maximum Gasteiger partial charge on any atom is 0.356 e. The first kappa shape index (κ1) is 40.7. The summed E-state index contributed by atoms with van der Waals surface area (Å²) in [6.45, 7) is 2.92. The van der Waals surface area contributed by atoms with Gasteiger partial charge < -0.3 is 30.5 Å². The molecule has 2 aliphatic heterocycles. The van der Waals surface area contributed by atoms with Crippen molar-refractivity contribution in [1.29, 1.82) is 0 Å². The molecule has 14 heteroatoms. The molecule has 6 aromatic rings. The van der Waals surface area contributed by atoms with E-state index in [-0.39, 0.29) is 30.8 Å². The third kappa shape index (κ3) is 8.37. The van der Waals surface area contributed by atoms with Gasteiger partial charge in [0.1, 0.15) is 11.4 Å². The fourth-order valence-electron chi connectivity index (χ4n) is 6.79.